The molecule has 0 N–H and O–H groups in total. The molecule has 224 valence electrons. The van der Waals surface area contributed by atoms with Crippen molar-refractivity contribution in [2.75, 3.05) is 0 Å². The minimum absolute atomic E-state index is 0.0509. The second-order valence-electron chi connectivity index (χ2n) is 12.0. The maximum atomic E-state index is 16.8. The second kappa shape index (κ2) is 12.1. The first-order chi connectivity index (χ1) is 19.9. The zero-order valence-corrected chi connectivity index (χ0v) is 24.1. The summed E-state index contributed by atoms with van der Waals surface area (Å²) >= 11 is 0. The number of aromatic nitrogens is 1. The van der Waals surface area contributed by atoms with Crippen molar-refractivity contribution in [1.82, 2.24) is 4.98 Å². The lowest BCUT2D eigenvalue weighted by Gasteiger charge is -2.39. The Kier molecular flexibility index (Phi) is 8.72. The number of ether oxygens (including phenoxy) is 1. The Morgan fingerprint density at radius 1 is 0.952 bits per heavy atom. The minimum Gasteiger partial charge on any atom is -0.458 e. The zero-order chi connectivity index (χ0) is 30.2. The molecule has 1 heterocycles. The Bertz CT molecular complexity index is 1410. The molecule has 0 amide bonds. The summed E-state index contributed by atoms with van der Waals surface area (Å²) < 4.78 is 76.5. The van der Waals surface area contributed by atoms with Gasteiger partial charge in [0.05, 0.1) is 11.3 Å². The number of esters is 1. The quantitative estimate of drug-likeness (QED) is 0.214. The van der Waals surface area contributed by atoms with Crippen molar-refractivity contribution in [3.05, 3.63) is 88.0 Å². The maximum Gasteiger partial charge on any atom is 0.416 e. The first-order valence-corrected chi connectivity index (χ1v) is 14.7. The standard InChI is InChI=1S/C34H36F5NO2/c1-19(2)33-31(32(36)23-9-13-25(14-10-23)34(37,38)39)29(22-11-15-26(35)16-12-22)30-27(40-33)17-24(18-28(30)42-20(3)41)21-7-5-4-6-8-21/h9-16,19,21,24,28,32H,4-8,17-18H2,1-3H3. The first-order valence-electron chi connectivity index (χ1n) is 14.7. The lowest BCUT2D eigenvalue weighted by Crippen LogP contribution is -2.31. The van der Waals surface area contributed by atoms with Gasteiger partial charge in [-0.2, -0.15) is 13.2 Å². The molecule has 1 aromatic heterocycles. The highest BCUT2D eigenvalue weighted by atomic mass is 19.4. The van der Waals surface area contributed by atoms with E-state index in [1.807, 2.05) is 13.8 Å². The lowest BCUT2D eigenvalue weighted by atomic mass is 9.70. The molecule has 2 aliphatic carbocycles. The SMILES string of the molecule is CC(=O)OC1CC(C2CCCCC2)Cc2nc(C(C)C)c(C(F)c3ccc(C(F)(F)F)cc3)c(-c3ccc(F)cc3)c21. The Labute approximate surface area is 243 Å². The number of carbonyl (C=O) groups is 1. The van der Waals surface area contributed by atoms with Crippen molar-refractivity contribution in [3.63, 3.8) is 0 Å². The summed E-state index contributed by atoms with van der Waals surface area (Å²) in [6.45, 7) is 5.15. The number of hydrogen-bond donors (Lipinski definition) is 0. The van der Waals surface area contributed by atoms with Gasteiger partial charge in [0.25, 0.3) is 0 Å². The molecular weight excluding hydrogens is 549 g/mol. The highest BCUT2D eigenvalue weighted by molar-refractivity contribution is 5.76. The number of halogens is 5. The molecule has 2 aliphatic rings. The van der Waals surface area contributed by atoms with Crippen LogP contribution < -0.4 is 0 Å². The number of benzene rings is 2. The van der Waals surface area contributed by atoms with Gasteiger partial charge in [-0.15, -0.1) is 0 Å². The van der Waals surface area contributed by atoms with Gasteiger partial charge in [0, 0.05) is 23.7 Å². The smallest absolute Gasteiger partial charge is 0.416 e. The van der Waals surface area contributed by atoms with Crippen LogP contribution in [0.5, 0.6) is 0 Å². The van der Waals surface area contributed by atoms with Gasteiger partial charge >= 0.3 is 12.1 Å². The van der Waals surface area contributed by atoms with E-state index in [0.717, 1.165) is 55.6 Å². The minimum atomic E-state index is -4.55. The van der Waals surface area contributed by atoms with Gasteiger partial charge in [-0.25, -0.2) is 8.78 Å². The normalized spacial score (nSPS) is 20.3. The van der Waals surface area contributed by atoms with E-state index in [1.165, 1.54) is 25.5 Å². The fourth-order valence-corrected chi connectivity index (χ4v) is 6.81. The molecule has 1 fully saturated rings. The summed E-state index contributed by atoms with van der Waals surface area (Å²) in [5.74, 6) is -0.420. The summed E-state index contributed by atoms with van der Waals surface area (Å²) in [6, 6.07) is 9.75. The molecular formula is C34H36F5NO2. The highest BCUT2D eigenvalue weighted by Crippen LogP contribution is 2.50. The van der Waals surface area contributed by atoms with Crippen molar-refractivity contribution in [1.29, 1.82) is 0 Å². The Morgan fingerprint density at radius 3 is 2.17 bits per heavy atom. The van der Waals surface area contributed by atoms with E-state index in [2.05, 4.69) is 0 Å². The van der Waals surface area contributed by atoms with E-state index in [0.29, 0.717) is 41.1 Å². The van der Waals surface area contributed by atoms with E-state index in [9.17, 15) is 22.4 Å². The van der Waals surface area contributed by atoms with E-state index < -0.39 is 35.8 Å². The lowest BCUT2D eigenvalue weighted by molar-refractivity contribution is -0.148. The van der Waals surface area contributed by atoms with Crippen LogP contribution in [0.2, 0.25) is 0 Å². The van der Waals surface area contributed by atoms with Crippen LogP contribution in [0.1, 0.15) is 111 Å². The van der Waals surface area contributed by atoms with E-state index in [4.69, 9.17) is 9.72 Å². The van der Waals surface area contributed by atoms with Crippen LogP contribution in [-0.4, -0.2) is 11.0 Å². The molecule has 0 saturated heterocycles. The van der Waals surface area contributed by atoms with Crippen LogP contribution in [0.15, 0.2) is 48.5 Å². The van der Waals surface area contributed by atoms with Gasteiger partial charge in [-0.05, 0) is 71.6 Å². The van der Waals surface area contributed by atoms with Crippen molar-refractivity contribution in [2.45, 2.75) is 90.1 Å². The van der Waals surface area contributed by atoms with Crippen LogP contribution in [0.25, 0.3) is 11.1 Å². The van der Waals surface area contributed by atoms with Gasteiger partial charge in [-0.1, -0.05) is 70.2 Å². The monoisotopic (exact) mass is 585 g/mol. The summed E-state index contributed by atoms with van der Waals surface area (Å²) in [6.07, 6.45) is -0.0773. The Balaban J connectivity index is 1.73. The molecule has 3 aromatic rings. The fourth-order valence-electron chi connectivity index (χ4n) is 6.81. The molecule has 0 bridgehead atoms. The van der Waals surface area contributed by atoms with E-state index >= 15 is 4.39 Å². The molecule has 3 nitrogen and oxygen atoms in total. The number of rotatable bonds is 6. The Morgan fingerprint density at radius 2 is 1.60 bits per heavy atom. The topological polar surface area (TPSA) is 39.2 Å². The molecule has 3 atom stereocenters. The molecule has 0 spiro atoms. The van der Waals surface area contributed by atoms with Crippen molar-refractivity contribution >= 4 is 5.97 Å². The third-order valence-electron chi connectivity index (χ3n) is 8.76. The van der Waals surface area contributed by atoms with Crippen molar-refractivity contribution in [3.8, 4) is 11.1 Å². The Hall–Kier alpha value is -3.29. The number of alkyl halides is 4. The van der Waals surface area contributed by atoms with Gasteiger partial charge in [0.15, 0.2) is 6.17 Å². The van der Waals surface area contributed by atoms with Gasteiger partial charge in [-0.3, -0.25) is 9.78 Å². The van der Waals surface area contributed by atoms with E-state index in [-0.39, 0.29) is 23.0 Å². The zero-order valence-electron chi connectivity index (χ0n) is 24.1. The van der Waals surface area contributed by atoms with Crippen LogP contribution >= 0.6 is 0 Å². The number of pyridine rings is 1. The molecule has 0 aliphatic heterocycles. The number of carbonyl (C=O) groups excluding carboxylic acids is 1. The molecule has 42 heavy (non-hydrogen) atoms. The molecule has 0 radical (unpaired) electrons. The third kappa shape index (κ3) is 6.23. The largest absolute Gasteiger partial charge is 0.458 e. The fraction of sp³-hybridized carbons (Fsp3) is 0.471. The molecule has 8 heteroatoms. The summed E-state index contributed by atoms with van der Waals surface area (Å²) in [4.78, 5) is 17.4. The van der Waals surface area contributed by atoms with Crippen LogP contribution in [0.3, 0.4) is 0 Å². The van der Waals surface area contributed by atoms with Crippen LogP contribution in [0.4, 0.5) is 22.0 Å². The molecule has 2 aromatic carbocycles. The molecule has 1 saturated carbocycles. The predicted octanol–water partition coefficient (Wildman–Crippen LogP) is 9.84. The van der Waals surface area contributed by atoms with Crippen molar-refractivity contribution < 1.29 is 31.5 Å². The van der Waals surface area contributed by atoms with Gasteiger partial charge in [0.2, 0.25) is 0 Å². The highest BCUT2D eigenvalue weighted by Gasteiger charge is 2.40. The summed E-state index contributed by atoms with van der Waals surface area (Å²) in [5.41, 5.74) is 2.25. The summed E-state index contributed by atoms with van der Waals surface area (Å²) in [7, 11) is 0. The predicted molar refractivity (Wildman–Crippen MR) is 151 cm³/mol. The average Bonchev–Trinajstić information content (AvgIpc) is 2.96. The van der Waals surface area contributed by atoms with Crippen LogP contribution in [0, 0.1) is 17.7 Å². The maximum absolute atomic E-state index is 16.8. The number of fused-ring (bicyclic) bond motifs is 1. The average molecular weight is 586 g/mol. The summed E-state index contributed by atoms with van der Waals surface area (Å²) in [5, 5.41) is 0. The van der Waals surface area contributed by atoms with Crippen molar-refractivity contribution in [2.24, 2.45) is 11.8 Å². The number of hydrogen-bond acceptors (Lipinski definition) is 3. The third-order valence-corrected chi connectivity index (χ3v) is 8.76. The van der Waals surface area contributed by atoms with Gasteiger partial charge < -0.3 is 4.74 Å². The van der Waals surface area contributed by atoms with E-state index in [1.54, 1.807) is 12.1 Å². The molecule has 3 unspecified atom stereocenters. The first kappa shape index (κ1) is 30.2. The molecule has 5 rings (SSSR count). The number of nitrogens with zero attached hydrogens (tertiary/aromatic N) is 1. The van der Waals surface area contributed by atoms with Crippen LogP contribution in [-0.2, 0) is 22.1 Å². The van der Waals surface area contributed by atoms with Gasteiger partial charge in [0.1, 0.15) is 11.9 Å². The second-order valence-corrected chi connectivity index (χ2v) is 12.0.